The number of methoxy groups -OCH3 is 1. The number of aromatic nitrogens is 2. The van der Waals surface area contributed by atoms with E-state index in [1.54, 1.807) is 57.8 Å². The van der Waals surface area contributed by atoms with E-state index in [1.807, 2.05) is 18.2 Å². The average molecular weight is 736 g/mol. The number of benzene rings is 2. The average Bonchev–Trinajstić information content (AvgIpc) is 3.34. The summed E-state index contributed by atoms with van der Waals surface area (Å²) in [7, 11) is -0.443. The van der Waals surface area contributed by atoms with Gasteiger partial charge in [-0.05, 0) is 106 Å². The maximum Gasteiger partial charge on any atom is 0.287 e. The van der Waals surface area contributed by atoms with Gasteiger partial charge in [0.1, 0.15) is 11.4 Å². The summed E-state index contributed by atoms with van der Waals surface area (Å²) in [6.07, 6.45) is 10.1. The van der Waals surface area contributed by atoms with E-state index in [4.69, 9.17) is 25.8 Å². The van der Waals surface area contributed by atoms with Crippen LogP contribution in [0.25, 0.3) is 0 Å². The summed E-state index contributed by atoms with van der Waals surface area (Å²) in [5.41, 5.74) is 2.28. The zero-order valence-corrected chi connectivity index (χ0v) is 31.4. The van der Waals surface area contributed by atoms with E-state index in [-0.39, 0.29) is 34.5 Å². The molecule has 7 rings (SSSR count). The predicted molar refractivity (Wildman–Crippen MR) is 196 cm³/mol. The highest BCUT2D eigenvalue weighted by Gasteiger charge is 2.45. The first-order chi connectivity index (χ1) is 24.3. The number of ether oxygens (including phenoxy) is 3. The molecular weight excluding hydrogens is 690 g/mol. The van der Waals surface area contributed by atoms with Gasteiger partial charge in [0.15, 0.2) is 9.92 Å². The van der Waals surface area contributed by atoms with Gasteiger partial charge >= 0.3 is 0 Å². The van der Waals surface area contributed by atoms with Gasteiger partial charge in [-0.3, -0.25) is 19.0 Å². The molecule has 4 aliphatic rings. The normalized spacial score (nSPS) is 28.8. The molecule has 3 heterocycles. The lowest BCUT2D eigenvalue weighted by atomic mass is 9.68. The number of carbonyl (C=O) groups excluding carboxylic acids is 2. The van der Waals surface area contributed by atoms with Crippen LogP contribution in [-0.4, -0.2) is 70.9 Å². The minimum Gasteiger partial charge on any atom is -0.490 e. The number of nitrogens with zero attached hydrogens (tertiary/aromatic N) is 4. The highest BCUT2D eigenvalue weighted by atomic mass is 35.5. The molecule has 2 aliphatic heterocycles. The number of hydrogen-bond acceptors (Lipinski definition) is 8. The van der Waals surface area contributed by atoms with Crippen molar-refractivity contribution in [1.82, 2.24) is 14.5 Å². The predicted octanol–water partition coefficient (Wildman–Crippen LogP) is 5.96. The molecule has 11 nitrogen and oxygen atoms in total. The zero-order valence-electron chi connectivity index (χ0n) is 29.8. The van der Waals surface area contributed by atoms with Crippen molar-refractivity contribution in [3.63, 3.8) is 0 Å². The number of carbonyl (C=O) groups is 2. The number of rotatable bonds is 3. The molecule has 272 valence electrons. The maximum atomic E-state index is 15.1. The summed E-state index contributed by atoms with van der Waals surface area (Å²) in [6, 6.07) is 11.4. The number of aryl methyl sites for hydroxylation is 2. The van der Waals surface area contributed by atoms with E-state index < -0.39 is 27.3 Å². The van der Waals surface area contributed by atoms with Gasteiger partial charge < -0.3 is 19.1 Å². The summed E-state index contributed by atoms with van der Waals surface area (Å²) >= 11 is 6.47. The second kappa shape index (κ2) is 13.7. The Morgan fingerprint density at radius 2 is 2.00 bits per heavy atom. The summed E-state index contributed by atoms with van der Waals surface area (Å²) < 4.78 is 42.2. The lowest BCUT2D eigenvalue weighted by Gasteiger charge is -2.46. The van der Waals surface area contributed by atoms with Crippen molar-refractivity contribution in [2.45, 2.75) is 74.9 Å². The van der Waals surface area contributed by atoms with E-state index in [2.05, 4.69) is 31.2 Å². The van der Waals surface area contributed by atoms with Crippen LogP contribution in [0.3, 0.4) is 0 Å². The molecule has 0 radical (unpaired) electrons. The first-order valence-corrected chi connectivity index (χ1v) is 19.5. The molecule has 2 bridgehead atoms. The Bertz CT molecular complexity index is 2020. The van der Waals surface area contributed by atoms with Crippen LogP contribution in [0, 0.1) is 18.8 Å². The number of hydrogen-bond donors (Lipinski definition) is 1. The quantitative estimate of drug-likeness (QED) is 0.327. The monoisotopic (exact) mass is 735 g/mol. The Hall–Kier alpha value is -3.71. The van der Waals surface area contributed by atoms with Crippen LogP contribution >= 0.6 is 11.6 Å². The van der Waals surface area contributed by atoms with Crippen LogP contribution in [0.1, 0.15) is 66.7 Å². The zero-order chi connectivity index (χ0) is 36.1. The smallest absolute Gasteiger partial charge is 0.287 e. The number of anilines is 1. The Kier molecular flexibility index (Phi) is 9.58. The van der Waals surface area contributed by atoms with Crippen LogP contribution in [0.2, 0.25) is 5.02 Å². The molecule has 3 aromatic rings. The van der Waals surface area contributed by atoms with Gasteiger partial charge in [-0.1, -0.05) is 29.8 Å². The first-order valence-electron chi connectivity index (χ1n) is 17.6. The maximum absolute atomic E-state index is 15.1. The molecule has 51 heavy (non-hydrogen) atoms. The molecule has 1 unspecified atom stereocenters. The summed E-state index contributed by atoms with van der Waals surface area (Å²) in [6.45, 7) is 6.87. The van der Waals surface area contributed by atoms with Gasteiger partial charge in [0.2, 0.25) is 0 Å². The molecule has 0 saturated heterocycles. The molecule has 1 fully saturated rings. The van der Waals surface area contributed by atoms with Gasteiger partial charge in [-0.15, -0.1) is 4.36 Å². The molecule has 1 N–H and O–H groups in total. The molecule has 1 spiro atoms. The molecular formula is C38H46ClN5O6S. The van der Waals surface area contributed by atoms with Gasteiger partial charge in [0, 0.05) is 43.4 Å². The van der Waals surface area contributed by atoms with Crippen LogP contribution in [0.4, 0.5) is 5.69 Å². The highest BCUT2D eigenvalue weighted by Crippen LogP contribution is 2.47. The second-order valence-electron chi connectivity index (χ2n) is 14.8. The van der Waals surface area contributed by atoms with Crippen molar-refractivity contribution in [2.24, 2.45) is 23.2 Å². The number of halogens is 1. The highest BCUT2D eigenvalue weighted by molar-refractivity contribution is 7.92. The molecule has 5 atom stereocenters. The van der Waals surface area contributed by atoms with Crippen molar-refractivity contribution in [3.05, 3.63) is 82.2 Å². The molecule has 2 amide bonds. The minimum atomic E-state index is -3.89. The number of nitrogens with one attached hydrogen (secondary N) is 1. The minimum absolute atomic E-state index is 0.117. The fourth-order valence-corrected chi connectivity index (χ4v) is 9.77. The number of fused-ring (bicyclic) bond motifs is 4. The van der Waals surface area contributed by atoms with E-state index >= 15 is 4.21 Å². The van der Waals surface area contributed by atoms with Crippen molar-refractivity contribution < 1.29 is 28.0 Å². The molecule has 2 aromatic carbocycles. The van der Waals surface area contributed by atoms with Crippen molar-refractivity contribution in [2.75, 3.05) is 38.3 Å². The fraction of sp³-hybridized carbons (Fsp3) is 0.500. The van der Waals surface area contributed by atoms with E-state index in [9.17, 15) is 9.59 Å². The third-order valence-electron chi connectivity index (χ3n) is 11.3. The topological polar surface area (TPSA) is 124 Å². The SMILES string of the molecule is CO[C@@H]1C=CCOC(C)(C)C(=O)N=S(=O)(NC(=O)c2cnn(C)c2C)c2ccc3c(c2)N(C[C@@H]2CC[C@H]21)C[C@@]1(CCCc2cc(Cl)ccc21)CO3. The Balaban J connectivity index is 1.38. The number of amides is 2. The van der Waals surface area contributed by atoms with Crippen LogP contribution in [0.5, 0.6) is 5.75 Å². The summed E-state index contributed by atoms with van der Waals surface area (Å²) in [5.74, 6) is -0.186. The van der Waals surface area contributed by atoms with Gasteiger partial charge in [0.05, 0.1) is 41.7 Å². The third-order valence-corrected chi connectivity index (χ3v) is 13.3. The van der Waals surface area contributed by atoms with E-state index in [1.165, 1.54) is 17.3 Å². The summed E-state index contributed by atoms with van der Waals surface area (Å²) in [5, 5.41) is 4.90. The van der Waals surface area contributed by atoms with Crippen LogP contribution in [0.15, 0.2) is 64.0 Å². The second-order valence-corrected chi connectivity index (χ2v) is 17.2. The third kappa shape index (κ3) is 6.71. The molecule has 2 aliphatic carbocycles. The lowest BCUT2D eigenvalue weighted by molar-refractivity contribution is -0.137. The fourth-order valence-electron chi connectivity index (χ4n) is 7.97. The molecule has 1 saturated carbocycles. The van der Waals surface area contributed by atoms with Crippen LogP contribution < -0.4 is 14.4 Å². The van der Waals surface area contributed by atoms with Crippen LogP contribution in [-0.2, 0) is 43.1 Å². The van der Waals surface area contributed by atoms with E-state index in [0.717, 1.165) is 42.8 Å². The lowest BCUT2D eigenvalue weighted by Crippen LogP contribution is -2.49. The molecule has 13 heteroatoms. The van der Waals surface area contributed by atoms with E-state index in [0.29, 0.717) is 37.1 Å². The Morgan fingerprint density at radius 1 is 1.18 bits per heavy atom. The van der Waals surface area contributed by atoms with Gasteiger partial charge in [-0.25, -0.2) is 4.21 Å². The van der Waals surface area contributed by atoms with Crippen molar-refractivity contribution >= 4 is 39.0 Å². The van der Waals surface area contributed by atoms with Gasteiger partial charge in [-0.2, -0.15) is 5.10 Å². The molecule has 1 aromatic heterocycles. The van der Waals surface area contributed by atoms with Crippen molar-refractivity contribution in [3.8, 4) is 5.75 Å². The standard InChI is InChI=1S/C38H46ClN5O6S/c1-24-30(20-40-43(24)4)35(45)41-51(47)28-12-15-34-32(19-28)44(22-38(23-49-34)16-6-8-25-18-27(39)11-14-31(25)38)21-26-10-13-29(26)33(48-5)9-7-17-50-37(2,3)36(46)42-51/h7,9,11-12,14-15,18-20,26,29,33H,6,8,10,13,16-17,21-23H2,1-5H3,(H,41,42,45,46,47)/t26-,29+,33+,38-,51?/m0/s1. The summed E-state index contributed by atoms with van der Waals surface area (Å²) in [4.78, 5) is 30.1. The van der Waals surface area contributed by atoms with Crippen molar-refractivity contribution in [1.29, 1.82) is 0 Å². The Morgan fingerprint density at radius 3 is 2.73 bits per heavy atom. The largest absolute Gasteiger partial charge is 0.490 e. The Labute approximate surface area is 305 Å². The van der Waals surface area contributed by atoms with Gasteiger partial charge in [0.25, 0.3) is 11.8 Å². The first kappa shape index (κ1) is 35.7.